The fraction of sp³-hybridized carbons (Fsp3) is 0.294. The average Bonchev–Trinajstić information content (AvgIpc) is 3.57. The van der Waals surface area contributed by atoms with Gasteiger partial charge in [0.1, 0.15) is 0 Å². The monoisotopic (exact) mass is 581 g/mol. The molecular formula is C34H39N5O2S. The van der Waals surface area contributed by atoms with Gasteiger partial charge in [-0.05, 0) is 61.3 Å². The molecule has 0 spiro atoms. The van der Waals surface area contributed by atoms with Gasteiger partial charge < -0.3 is 20.4 Å². The van der Waals surface area contributed by atoms with E-state index >= 15 is 0 Å². The molecule has 42 heavy (non-hydrogen) atoms. The number of carbonyl (C=O) groups excluding carboxylic acids is 2. The predicted octanol–water partition coefficient (Wildman–Crippen LogP) is 5.40. The van der Waals surface area contributed by atoms with Crippen LogP contribution < -0.4 is 15.5 Å². The Bertz CT molecular complexity index is 1440. The van der Waals surface area contributed by atoms with E-state index in [1.165, 1.54) is 11.3 Å². The minimum atomic E-state index is -0.195. The summed E-state index contributed by atoms with van der Waals surface area (Å²) in [7, 11) is 4.19. The second-order valence-electron chi connectivity index (χ2n) is 11.0. The molecule has 1 atom stereocenters. The van der Waals surface area contributed by atoms with Gasteiger partial charge in [0.05, 0.1) is 23.0 Å². The van der Waals surface area contributed by atoms with Crippen molar-refractivity contribution >= 4 is 34.5 Å². The Kier molecular flexibility index (Phi) is 10.0. The minimum absolute atomic E-state index is 0.175. The second kappa shape index (κ2) is 14.3. The van der Waals surface area contributed by atoms with Crippen LogP contribution in [0.2, 0.25) is 0 Å². The zero-order chi connectivity index (χ0) is 29.3. The van der Waals surface area contributed by atoms with E-state index in [0.717, 1.165) is 56.1 Å². The third-order valence-electron chi connectivity index (χ3n) is 7.66. The molecule has 3 aromatic carbocycles. The highest BCUT2D eigenvalue weighted by atomic mass is 32.1. The molecule has 1 aliphatic rings. The summed E-state index contributed by atoms with van der Waals surface area (Å²) in [6, 6.07) is 27.5. The number of nitrogens with one attached hydrogen (secondary N) is 2. The maximum Gasteiger partial charge on any atom is 0.256 e. The number of rotatable bonds is 11. The third kappa shape index (κ3) is 7.85. The lowest BCUT2D eigenvalue weighted by molar-refractivity contribution is 0.0935. The lowest BCUT2D eigenvalue weighted by atomic mass is 9.98. The second-order valence-corrected chi connectivity index (χ2v) is 11.7. The molecule has 218 valence electrons. The van der Waals surface area contributed by atoms with Gasteiger partial charge in [-0.2, -0.15) is 11.3 Å². The van der Waals surface area contributed by atoms with Crippen molar-refractivity contribution in [2.75, 3.05) is 63.6 Å². The third-order valence-corrected chi connectivity index (χ3v) is 8.34. The Morgan fingerprint density at radius 3 is 2.24 bits per heavy atom. The van der Waals surface area contributed by atoms with Crippen molar-refractivity contribution in [2.24, 2.45) is 0 Å². The molecule has 1 fully saturated rings. The molecule has 0 saturated carbocycles. The topological polar surface area (TPSA) is 67.9 Å². The first kappa shape index (κ1) is 29.5. The zero-order valence-electron chi connectivity index (χ0n) is 24.3. The van der Waals surface area contributed by atoms with E-state index in [1.54, 1.807) is 0 Å². The van der Waals surface area contributed by atoms with Gasteiger partial charge in [0.25, 0.3) is 11.8 Å². The largest absolute Gasteiger partial charge is 0.367 e. The average molecular weight is 582 g/mol. The van der Waals surface area contributed by atoms with Crippen LogP contribution in [0.5, 0.6) is 0 Å². The Hall–Kier alpha value is -3.98. The molecule has 0 bridgehead atoms. The molecule has 8 heteroatoms. The Labute approximate surface area is 252 Å². The van der Waals surface area contributed by atoms with Crippen molar-refractivity contribution in [3.8, 4) is 0 Å². The molecule has 2 N–H and O–H groups in total. The maximum absolute atomic E-state index is 13.7. The van der Waals surface area contributed by atoms with Crippen molar-refractivity contribution in [1.82, 2.24) is 15.1 Å². The van der Waals surface area contributed by atoms with Crippen molar-refractivity contribution < 1.29 is 9.59 Å². The normalized spacial score (nSPS) is 14.5. The first-order valence-corrected chi connectivity index (χ1v) is 15.4. The highest BCUT2D eigenvalue weighted by Gasteiger charge is 2.23. The van der Waals surface area contributed by atoms with Crippen LogP contribution in [0.4, 0.5) is 11.4 Å². The molecule has 7 nitrogen and oxygen atoms in total. The van der Waals surface area contributed by atoms with Gasteiger partial charge >= 0.3 is 0 Å². The number of piperazine rings is 1. The van der Waals surface area contributed by atoms with Gasteiger partial charge in [0.15, 0.2) is 0 Å². The number of carbonyl (C=O) groups is 2. The van der Waals surface area contributed by atoms with Crippen LogP contribution in [0.1, 0.15) is 37.9 Å². The Morgan fingerprint density at radius 1 is 0.857 bits per heavy atom. The van der Waals surface area contributed by atoms with Gasteiger partial charge in [-0.25, -0.2) is 0 Å². The summed E-state index contributed by atoms with van der Waals surface area (Å²) < 4.78 is 0. The van der Waals surface area contributed by atoms with E-state index in [4.69, 9.17) is 0 Å². The number of thiophene rings is 1. The molecule has 5 rings (SSSR count). The molecule has 1 unspecified atom stereocenters. The highest BCUT2D eigenvalue weighted by Crippen LogP contribution is 2.30. The summed E-state index contributed by atoms with van der Waals surface area (Å²) in [5, 5.41) is 10.1. The molecule has 1 aliphatic heterocycles. The van der Waals surface area contributed by atoms with Crippen LogP contribution in [-0.2, 0) is 6.42 Å². The van der Waals surface area contributed by atoms with Crippen LogP contribution in [-0.4, -0.2) is 75.0 Å². The lowest BCUT2D eigenvalue weighted by Gasteiger charge is -2.37. The lowest BCUT2D eigenvalue weighted by Crippen LogP contribution is -2.48. The first-order chi connectivity index (χ1) is 20.5. The fourth-order valence-corrected chi connectivity index (χ4v) is 5.86. The SMILES string of the molecule is CN(C)CCN1CCN(c2ccc(C(=O)NC(Cc3ccccc3)c3ccccc3)cc2NC(=O)c2ccsc2)CC1. The Balaban J connectivity index is 1.37. The van der Waals surface area contributed by atoms with Crippen LogP contribution in [0.25, 0.3) is 0 Å². The van der Waals surface area contributed by atoms with E-state index in [1.807, 2.05) is 83.6 Å². The summed E-state index contributed by atoms with van der Waals surface area (Å²) in [6.07, 6.45) is 0.675. The van der Waals surface area contributed by atoms with Gasteiger partial charge in [0.2, 0.25) is 0 Å². The number of likely N-dealkylation sites (N-methyl/N-ethyl adjacent to an activating group) is 1. The smallest absolute Gasteiger partial charge is 0.256 e. The number of amides is 2. The summed E-state index contributed by atoms with van der Waals surface area (Å²) in [5.74, 6) is -0.350. The zero-order valence-corrected chi connectivity index (χ0v) is 25.1. The molecule has 1 aromatic heterocycles. The number of nitrogens with zero attached hydrogens (tertiary/aromatic N) is 3. The molecule has 4 aromatic rings. The summed E-state index contributed by atoms with van der Waals surface area (Å²) in [5.41, 5.74) is 4.91. The van der Waals surface area contributed by atoms with Crippen LogP contribution in [0.15, 0.2) is 95.7 Å². The molecule has 2 amide bonds. The van der Waals surface area contributed by atoms with E-state index in [-0.39, 0.29) is 17.9 Å². The fourth-order valence-electron chi connectivity index (χ4n) is 5.22. The van der Waals surface area contributed by atoms with Crippen LogP contribution in [0.3, 0.4) is 0 Å². The van der Waals surface area contributed by atoms with Gasteiger partial charge in [-0.1, -0.05) is 60.7 Å². The van der Waals surface area contributed by atoms with E-state index < -0.39 is 0 Å². The summed E-state index contributed by atoms with van der Waals surface area (Å²) in [4.78, 5) is 33.8. The molecule has 2 heterocycles. The number of anilines is 2. The van der Waals surface area contributed by atoms with E-state index in [9.17, 15) is 9.59 Å². The quantitative estimate of drug-likeness (QED) is 0.248. The van der Waals surface area contributed by atoms with E-state index in [2.05, 4.69) is 51.6 Å². The number of hydrogen-bond donors (Lipinski definition) is 2. The molecule has 1 saturated heterocycles. The number of hydrogen-bond acceptors (Lipinski definition) is 6. The van der Waals surface area contributed by atoms with Crippen molar-refractivity contribution in [3.63, 3.8) is 0 Å². The van der Waals surface area contributed by atoms with E-state index in [0.29, 0.717) is 23.2 Å². The molecular weight excluding hydrogens is 542 g/mol. The van der Waals surface area contributed by atoms with Crippen molar-refractivity contribution in [2.45, 2.75) is 12.5 Å². The van der Waals surface area contributed by atoms with Crippen LogP contribution in [0, 0.1) is 0 Å². The highest BCUT2D eigenvalue weighted by molar-refractivity contribution is 7.08. The molecule has 0 radical (unpaired) electrons. The maximum atomic E-state index is 13.7. The van der Waals surface area contributed by atoms with Gasteiger partial charge in [-0.15, -0.1) is 0 Å². The van der Waals surface area contributed by atoms with Crippen molar-refractivity contribution in [3.05, 3.63) is 118 Å². The summed E-state index contributed by atoms with van der Waals surface area (Å²) >= 11 is 1.49. The number of benzene rings is 3. The Morgan fingerprint density at radius 2 is 1.57 bits per heavy atom. The molecule has 0 aliphatic carbocycles. The van der Waals surface area contributed by atoms with Crippen LogP contribution >= 0.6 is 11.3 Å². The predicted molar refractivity (Wildman–Crippen MR) is 173 cm³/mol. The minimum Gasteiger partial charge on any atom is -0.367 e. The van der Waals surface area contributed by atoms with Gasteiger partial charge in [-0.3, -0.25) is 14.5 Å². The van der Waals surface area contributed by atoms with Gasteiger partial charge in [0, 0.05) is 50.2 Å². The first-order valence-electron chi connectivity index (χ1n) is 14.5. The summed E-state index contributed by atoms with van der Waals surface area (Å²) in [6.45, 7) is 5.67. The van der Waals surface area contributed by atoms with Crippen molar-refractivity contribution in [1.29, 1.82) is 0 Å². The standard InChI is InChI=1S/C34H39N5O2S/c1-37(2)16-17-38-18-20-39(21-19-38)32-14-13-28(24-31(32)36-34(41)29-15-22-42-25-29)33(40)35-30(27-11-7-4-8-12-27)23-26-9-5-3-6-10-26/h3-15,22,24-25,30H,16-21,23H2,1-2H3,(H,35,40)(H,36,41).